The van der Waals surface area contributed by atoms with E-state index in [2.05, 4.69) is 15.9 Å². The van der Waals surface area contributed by atoms with Crippen LogP contribution in [0.2, 0.25) is 0 Å². The molecule has 1 amide bonds. The zero-order valence-electron chi connectivity index (χ0n) is 20.9. The predicted molar refractivity (Wildman–Crippen MR) is 152 cm³/mol. The lowest BCUT2D eigenvalue weighted by molar-refractivity contribution is -0.124. The van der Waals surface area contributed by atoms with Crippen LogP contribution in [0.1, 0.15) is 34.7 Å². The van der Waals surface area contributed by atoms with Gasteiger partial charge >= 0.3 is 0 Å². The number of anilines is 1. The van der Waals surface area contributed by atoms with E-state index in [1.54, 1.807) is 16.4 Å². The molecule has 0 aromatic heterocycles. The minimum atomic E-state index is -3.89. The molecule has 0 unspecified atom stereocenters. The second-order valence-electron chi connectivity index (χ2n) is 9.97. The maximum Gasteiger partial charge on any atom is 0.243 e. The number of benzene rings is 4. The highest BCUT2D eigenvalue weighted by Crippen LogP contribution is 2.58. The maximum atomic E-state index is 14.6. The Morgan fingerprint density at radius 1 is 0.868 bits per heavy atom. The Labute approximate surface area is 231 Å². The first-order valence-corrected chi connectivity index (χ1v) is 14.9. The average molecular weight is 588 g/mol. The lowest BCUT2D eigenvalue weighted by atomic mass is 9.73. The maximum absolute atomic E-state index is 14.6. The van der Waals surface area contributed by atoms with Gasteiger partial charge in [0.1, 0.15) is 0 Å². The average Bonchev–Trinajstić information content (AvgIpc) is 3.44. The number of hydrogen-bond donors (Lipinski definition) is 0. The number of carbonyl (C=O) groups excluding carboxylic acids is 1. The van der Waals surface area contributed by atoms with Crippen molar-refractivity contribution in [2.24, 2.45) is 0 Å². The fourth-order valence-corrected chi connectivity index (χ4v) is 8.16. The number of nitrogens with zero attached hydrogens (tertiary/aromatic N) is 2. The van der Waals surface area contributed by atoms with Crippen molar-refractivity contribution in [2.75, 3.05) is 11.4 Å². The van der Waals surface area contributed by atoms with Crippen molar-refractivity contribution in [3.8, 4) is 0 Å². The van der Waals surface area contributed by atoms with Crippen molar-refractivity contribution >= 4 is 37.5 Å². The van der Waals surface area contributed by atoms with Crippen LogP contribution in [0.3, 0.4) is 0 Å². The largest absolute Gasteiger partial charge is 0.307 e. The molecule has 192 valence electrons. The van der Waals surface area contributed by atoms with Crippen LogP contribution in [0.4, 0.5) is 5.69 Å². The number of rotatable bonds is 5. The van der Waals surface area contributed by atoms with Gasteiger partial charge < -0.3 is 4.90 Å². The van der Waals surface area contributed by atoms with Gasteiger partial charge in [-0.05, 0) is 54.3 Å². The number of amides is 1. The van der Waals surface area contributed by atoms with Crippen molar-refractivity contribution in [1.82, 2.24) is 4.31 Å². The highest BCUT2D eigenvalue weighted by Gasteiger charge is 2.63. The molecule has 38 heavy (non-hydrogen) atoms. The summed E-state index contributed by atoms with van der Waals surface area (Å²) < 4.78 is 30.6. The van der Waals surface area contributed by atoms with E-state index in [-0.39, 0.29) is 17.3 Å². The molecule has 4 aromatic rings. The third-order valence-corrected chi connectivity index (χ3v) is 10.4. The summed E-state index contributed by atoms with van der Waals surface area (Å²) in [4.78, 5) is 16.7. The van der Waals surface area contributed by atoms with Gasteiger partial charge in [0.15, 0.2) is 0 Å². The van der Waals surface area contributed by atoms with Gasteiger partial charge in [-0.1, -0.05) is 100 Å². The molecule has 1 fully saturated rings. The van der Waals surface area contributed by atoms with Crippen molar-refractivity contribution in [3.05, 3.63) is 130 Å². The SMILES string of the molecule is Cc1ccc(S(=O)(=O)N2CC[C@]3(C(=O)N(Cc4ccccc4)c4ccccc43)[C@H]2c2ccccc2Br)cc1. The topological polar surface area (TPSA) is 57.7 Å². The first-order valence-electron chi connectivity index (χ1n) is 12.6. The molecule has 0 bridgehead atoms. The van der Waals surface area contributed by atoms with Gasteiger partial charge in [0.05, 0.1) is 22.9 Å². The third-order valence-electron chi connectivity index (χ3n) is 7.79. The molecule has 2 aliphatic rings. The summed E-state index contributed by atoms with van der Waals surface area (Å²) in [6, 6.07) is 31.6. The van der Waals surface area contributed by atoms with E-state index in [4.69, 9.17) is 0 Å². The Bertz CT molecular complexity index is 1620. The smallest absolute Gasteiger partial charge is 0.243 e. The van der Waals surface area contributed by atoms with Crippen molar-refractivity contribution < 1.29 is 13.2 Å². The lowest BCUT2D eigenvalue weighted by Gasteiger charge is -2.35. The summed E-state index contributed by atoms with van der Waals surface area (Å²) in [5.41, 5.74) is 3.46. The van der Waals surface area contributed by atoms with Gasteiger partial charge in [0, 0.05) is 16.7 Å². The van der Waals surface area contributed by atoms with Gasteiger partial charge in [-0.3, -0.25) is 4.79 Å². The van der Waals surface area contributed by atoms with E-state index in [1.807, 2.05) is 103 Å². The Morgan fingerprint density at radius 3 is 2.26 bits per heavy atom. The van der Waals surface area contributed by atoms with Crippen LogP contribution in [-0.4, -0.2) is 25.2 Å². The zero-order chi connectivity index (χ0) is 26.5. The molecule has 1 saturated heterocycles. The first-order chi connectivity index (χ1) is 18.3. The minimum absolute atomic E-state index is 0.0649. The molecule has 5 nitrogen and oxygen atoms in total. The Kier molecular flexibility index (Phi) is 6.25. The number of fused-ring (bicyclic) bond motifs is 2. The molecule has 0 aliphatic carbocycles. The van der Waals surface area contributed by atoms with Crippen molar-refractivity contribution in [2.45, 2.75) is 36.2 Å². The van der Waals surface area contributed by atoms with Crippen molar-refractivity contribution in [3.63, 3.8) is 0 Å². The van der Waals surface area contributed by atoms with Gasteiger partial charge in [-0.15, -0.1) is 0 Å². The van der Waals surface area contributed by atoms with Crippen LogP contribution in [0.15, 0.2) is 112 Å². The van der Waals surface area contributed by atoms with Crippen LogP contribution in [0, 0.1) is 6.92 Å². The standard InChI is InChI=1S/C31H27BrN2O3S/c1-22-15-17-24(18-16-22)38(36,37)34-20-19-31(29(34)25-11-5-7-13-27(25)32)26-12-6-8-14-28(26)33(30(31)35)21-23-9-3-2-4-10-23/h2-18,29H,19-21H2,1H3/t29-,31-/m1/s1. The van der Waals surface area contributed by atoms with Gasteiger partial charge in [0.2, 0.25) is 15.9 Å². The number of halogens is 1. The Morgan fingerprint density at radius 2 is 1.53 bits per heavy atom. The monoisotopic (exact) mass is 586 g/mol. The number of sulfonamides is 1. The highest BCUT2D eigenvalue weighted by atomic mass is 79.9. The number of carbonyl (C=O) groups is 1. The highest BCUT2D eigenvalue weighted by molar-refractivity contribution is 9.10. The van der Waals surface area contributed by atoms with E-state index in [1.165, 1.54) is 0 Å². The van der Waals surface area contributed by atoms with Crippen LogP contribution in [-0.2, 0) is 26.8 Å². The molecule has 2 heterocycles. The minimum Gasteiger partial charge on any atom is -0.307 e. The summed E-state index contributed by atoms with van der Waals surface area (Å²) >= 11 is 3.68. The second kappa shape index (κ2) is 9.49. The quantitative estimate of drug-likeness (QED) is 0.273. The molecule has 1 spiro atoms. The first kappa shape index (κ1) is 25.0. The van der Waals surface area contributed by atoms with Crippen LogP contribution >= 0.6 is 15.9 Å². The summed E-state index contributed by atoms with van der Waals surface area (Å²) in [5, 5.41) is 0. The number of hydrogen-bond acceptors (Lipinski definition) is 3. The fraction of sp³-hybridized carbons (Fsp3) is 0.194. The summed E-state index contributed by atoms with van der Waals surface area (Å²) in [7, 11) is -3.89. The molecular formula is C31H27BrN2O3S. The summed E-state index contributed by atoms with van der Waals surface area (Å²) in [6.07, 6.45) is 0.394. The van der Waals surface area contributed by atoms with Crippen LogP contribution in [0.25, 0.3) is 0 Å². The number of para-hydroxylation sites is 1. The second-order valence-corrected chi connectivity index (χ2v) is 12.7. The van der Waals surface area contributed by atoms with E-state index in [0.717, 1.165) is 32.4 Å². The van der Waals surface area contributed by atoms with Gasteiger partial charge in [0.25, 0.3) is 0 Å². The molecule has 0 saturated carbocycles. The van der Waals surface area contributed by atoms with Gasteiger partial charge in [-0.25, -0.2) is 8.42 Å². The molecular weight excluding hydrogens is 560 g/mol. The lowest BCUT2D eigenvalue weighted by Crippen LogP contribution is -2.45. The van der Waals surface area contributed by atoms with E-state index < -0.39 is 21.5 Å². The van der Waals surface area contributed by atoms with E-state index in [0.29, 0.717) is 13.0 Å². The molecule has 7 heteroatoms. The summed E-state index contributed by atoms with van der Waals surface area (Å²) in [5.74, 6) is -0.0649. The normalized spacial score (nSPS) is 21.3. The third kappa shape index (κ3) is 3.83. The zero-order valence-corrected chi connectivity index (χ0v) is 23.3. The predicted octanol–water partition coefficient (Wildman–Crippen LogP) is 6.38. The molecule has 2 aliphatic heterocycles. The van der Waals surface area contributed by atoms with Crippen LogP contribution < -0.4 is 4.90 Å². The van der Waals surface area contributed by atoms with Crippen molar-refractivity contribution in [1.29, 1.82) is 0 Å². The van der Waals surface area contributed by atoms with Gasteiger partial charge in [-0.2, -0.15) is 4.31 Å². The molecule has 0 radical (unpaired) electrons. The molecule has 4 aromatic carbocycles. The molecule has 2 atom stereocenters. The molecule has 6 rings (SSSR count). The number of aryl methyl sites for hydroxylation is 1. The fourth-order valence-electron chi connectivity index (χ4n) is 6.00. The summed E-state index contributed by atoms with van der Waals surface area (Å²) in [6.45, 7) is 2.59. The van der Waals surface area contributed by atoms with Crippen LogP contribution in [0.5, 0.6) is 0 Å². The Hall–Kier alpha value is -3.26. The molecule has 0 N–H and O–H groups in total. The van der Waals surface area contributed by atoms with E-state index >= 15 is 0 Å². The Balaban J connectivity index is 1.54. The van der Waals surface area contributed by atoms with E-state index in [9.17, 15) is 13.2 Å².